The van der Waals surface area contributed by atoms with Gasteiger partial charge in [-0.2, -0.15) is 0 Å². The van der Waals surface area contributed by atoms with Gasteiger partial charge in [0.15, 0.2) is 0 Å². The molecule has 0 saturated carbocycles. The monoisotopic (exact) mass is 344 g/mol. The molecule has 1 heterocycles. The van der Waals surface area contributed by atoms with E-state index in [-0.39, 0.29) is 16.5 Å². The van der Waals surface area contributed by atoms with E-state index < -0.39 is 15.8 Å². The van der Waals surface area contributed by atoms with Crippen molar-refractivity contribution < 1.29 is 12.8 Å². The van der Waals surface area contributed by atoms with Crippen LogP contribution >= 0.6 is 11.6 Å². The number of hydrogen-bond donors (Lipinski definition) is 1. The third-order valence-electron chi connectivity index (χ3n) is 2.77. The first-order valence-corrected chi connectivity index (χ1v) is 8.09. The molecule has 118 valence electrons. The number of nitrogens with zero attached hydrogens (tertiary/aromatic N) is 3. The number of benzene rings is 1. The maximum Gasteiger partial charge on any atom is 0.241 e. The van der Waals surface area contributed by atoms with Crippen LogP contribution in [0.3, 0.4) is 0 Å². The summed E-state index contributed by atoms with van der Waals surface area (Å²) in [5.41, 5.74) is 0. The normalized spacial score (nSPS) is 11.5. The number of halogens is 2. The molecule has 1 aromatic carbocycles. The van der Waals surface area contributed by atoms with Crippen molar-refractivity contribution in [2.45, 2.75) is 11.4 Å². The summed E-state index contributed by atoms with van der Waals surface area (Å²) < 4.78 is 39.7. The largest absolute Gasteiger partial charge is 0.363 e. The topological polar surface area (TPSA) is 75.2 Å². The summed E-state index contributed by atoms with van der Waals surface area (Å²) in [6, 6.07) is 4.90. The Morgan fingerprint density at radius 2 is 2.05 bits per heavy atom. The fourth-order valence-corrected chi connectivity index (χ4v) is 2.86. The van der Waals surface area contributed by atoms with Crippen molar-refractivity contribution in [2.75, 3.05) is 19.0 Å². The zero-order valence-electron chi connectivity index (χ0n) is 11.9. The second-order valence-corrected chi connectivity index (χ2v) is 6.80. The molecule has 0 aliphatic heterocycles. The molecule has 0 unspecified atom stereocenters. The fraction of sp³-hybridized carbons (Fsp3) is 0.231. The van der Waals surface area contributed by atoms with Crippen molar-refractivity contribution in [1.29, 1.82) is 0 Å². The molecule has 0 spiro atoms. The molecule has 0 atom stereocenters. The van der Waals surface area contributed by atoms with Crippen LogP contribution in [0.2, 0.25) is 5.02 Å². The van der Waals surface area contributed by atoms with Crippen LogP contribution in [0.25, 0.3) is 0 Å². The van der Waals surface area contributed by atoms with Crippen LogP contribution in [0.15, 0.2) is 35.4 Å². The lowest BCUT2D eigenvalue weighted by atomic mass is 10.3. The summed E-state index contributed by atoms with van der Waals surface area (Å²) in [6.45, 7) is -0.0843. The van der Waals surface area contributed by atoms with Gasteiger partial charge in [0.2, 0.25) is 10.0 Å². The molecular weight excluding hydrogens is 331 g/mol. The van der Waals surface area contributed by atoms with Gasteiger partial charge in [-0.15, -0.1) is 0 Å². The SMILES string of the molecule is CN(C)c1ccnc(CNS(=O)(=O)c2ccc(F)c(Cl)c2)n1. The molecule has 22 heavy (non-hydrogen) atoms. The van der Waals surface area contributed by atoms with Gasteiger partial charge in [0.25, 0.3) is 0 Å². The Hall–Kier alpha value is -1.77. The van der Waals surface area contributed by atoms with Crippen LogP contribution in [0, 0.1) is 5.82 Å². The van der Waals surface area contributed by atoms with Gasteiger partial charge in [-0.25, -0.2) is 27.5 Å². The number of rotatable bonds is 5. The second-order valence-electron chi connectivity index (χ2n) is 4.63. The number of anilines is 1. The molecule has 0 amide bonds. The Morgan fingerprint density at radius 3 is 2.68 bits per heavy atom. The van der Waals surface area contributed by atoms with E-state index in [1.165, 1.54) is 0 Å². The molecule has 2 aromatic rings. The molecule has 6 nitrogen and oxygen atoms in total. The second kappa shape index (κ2) is 6.55. The first-order valence-electron chi connectivity index (χ1n) is 6.23. The molecule has 2 rings (SSSR count). The Morgan fingerprint density at radius 1 is 1.32 bits per heavy atom. The highest BCUT2D eigenvalue weighted by molar-refractivity contribution is 7.89. The van der Waals surface area contributed by atoms with Gasteiger partial charge in [0, 0.05) is 20.3 Å². The summed E-state index contributed by atoms with van der Waals surface area (Å²) in [4.78, 5) is 9.86. The molecule has 0 saturated heterocycles. The lowest BCUT2D eigenvalue weighted by molar-refractivity contribution is 0.578. The smallest absolute Gasteiger partial charge is 0.241 e. The predicted octanol–water partition coefficient (Wildman–Crippen LogP) is 1.81. The van der Waals surface area contributed by atoms with E-state index in [1.807, 2.05) is 14.1 Å². The quantitative estimate of drug-likeness (QED) is 0.895. The number of aromatic nitrogens is 2. The van der Waals surface area contributed by atoms with E-state index >= 15 is 0 Å². The van der Waals surface area contributed by atoms with Crippen LogP contribution in [0.5, 0.6) is 0 Å². The Bertz CT molecular complexity index is 783. The van der Waals surface area contributed by atoms with Gasteiger partial charge < -0.3 is 4.90 Å². The van der Waals surface area contributed by atoms with Crippen molar-refractivity contribution in [3.05, 3.63) is 47.1 Å². The third-order valence-corrected chi connectivity index (χ3v) is 4.46. The van der Waals surface area contributed by atoms with Crippen LogP contribution in [-0.4, -0.2) is 32.5 Å². The van der Waals surface area contributed by atoms with Crippen molar-refractivity contribution in [1.82, 2.24) is 14.7 Å². The molecule has 0 fully saturated rings. The molecule has 0 bridgehead atoms. The number of hydrogen-bond acceptors (Lipinski definition) is 5. The maximum atomic E-state index is 13.1. The van der Waals surface area contributed by atoms with E-state index in [0.717, 1.165) is 18.2 Å². The zero-order valence-corrected chi connectivity index (χ0v) is 13.5. The highest BCUT2D eigenvalue weighted by Gasteiger charge is 2.16. The van der Waals surface area contributed by atoms with Crippen molar-refractivity contribution in [2.24, 2.45) is 0 Å². The molecule has 1 aromatic heterocycles. The standard InChI is InChI=1S/C13H14ClFN4O2S/c1-19(2)13-5-6-16-12(18-13)8-17-22(20,21)9-3-4-11(15)10(14)7-9/h3-7,17H,8H2,1-2H3. The van der Waals surface area contributed by atoms with Crippen LogP contribution in [0.1, 0.15) is 5.82 Å². The van der Waals surface area contributed by atoms with Crippen molar-refractivity contribution >= 4 is 27.4 Å². The van der Waals surface area contributed by atoms with E-state index in [2.05, 4.69) is 14.7 Å². The Kier molecular flexibility index (Phi) is 4.94. The highest BCUT2D eigenvalue weighted by Crippen LogP contribution is 2.19. The Balaban J connectivity index is 2.16. The van der Waals surface area contributed by atoms with Gasteiger partial charge in [-0.05, 0) is 24.3 Å². The molecular formula is C13H14ClFN4O2S. The minimum atomic E-state index is -3.83. The van der Waals surface area contributed by atoms with Gasteiger partial charge in [0.1, 0.15) is 17.5 Å². The molecule has 1 N–H and O–H groups in total. The van der Waals surface area contributed by atoms with Crippen LogP contribution in [0.4, 0.5) is 10.2 Å². The minimum Gasteiger partial charge on any atom is -0.363 e. The Labute approximate surface area is 133 Å². The molecule has 0 aliphatic rings. The predicted molar refractivity (Wildman–Crippen MR) is 81.8 cm³/mol. The average Bonchev–Trinajstić information content (AvgIpc) is 2.48. The van der Waals surface area contributed by atoms with E-state index in [4.69, 9.17) is 11.6 Å². The third kappa shape index (κ3) is 3.90. The lowest BCUT2D eigenvalue weighted by Gasteiger charge is -2.12. The molecule has 0 aliphatic carbocycles. The summed E-state index contributed by atoms with van der Waals surface area (Å²) in [7, 11) is -0.193. The average molecular weight is 345 g/mol. The van der Waals surface area contributed by atoms with Gasteiger partial charge in [-0.3, -0.25) is 0 Å². The molecule has 9 heteroatoms. The summed E-state index contributed by atoms with van der Waals surface area (Å²) in [5, 5.41) is -0.256. The fourth-order valence-electron chi connectivity index (χ4n) is 1.61. The summed E-state index contributed by atoms with van der Waals surface area (Å²) >= 11 is 5.60. The van der Waals surface area contributed by atoms with Crippen LogP contribution in [-0.2, 0) is 16.6 Å². The van der Waals surface area contributed by atoms with Crippen LogP contribution < -0.4 is 9.62 Å². The first-order chi connectivity index (χ1) is 10.3. The van der Waals surface area contributed by atoms with Gasteiger partial charge >= 0.3 is 0 Å². The number of sulfonamides is 1. The van der Waals surface area contributed by atoms with E-state index in [9.17, 15) is 12.8 Å². The number of nitrogens with one attached hydrogen (secondary N) is 1. The van der Waals surface area contributed by atoms with E-state index in [1.54, 1.807) is 17.2 Å². The van der Waals surface area contributed by atoms with Crippen molar-refractivity contribution in [3.8, 4) is 0 Å². The van der Waals surface area contributed by atoms with Gasteiger partial charge in [0.05, 0.1) is 16.5 Å². The zero-order chi connectivity index (χ0) is 16.3. The lowest BCUT2D eigenvalue weighted by Crippen LogP contribution is -2.25. The maximum absolute atomic E-state index is 13.1. The highest BCUT2D eigenvalue weighted by atomic mass is 35.5. The first kappa shape index (κ1) is 16.6. The van der Waals surface area contributed by atoms with E-state index in [0.29, 0.717) is 11.6 Å². The van der Waals surface area contributed by atoms with Crippen molar-refractivity contribution in [3.63, 3.8) is 0 Å². The summed E-state index contributed by atoms with van der Waals surface area (Å²) in [6.07, 6.45) is 1.54. The molecule has 0 radical (unpaired) electrons. The summed E-state index contributed by atoms with van der Waals surface area (Å²) in [5.74, 6) is 0.305. The van der Waals surface area contributed by atoms with Gasteiger partial charge in [-0.1, -0.05) is 11.6 Å². The minimum absolute atomic E-state index is 0.0843.